The van der Waals surface area contributed by atoms with Crippen molar-refractivity contribution in [2.24, 2.45) is 0 Å². The van der Waals surface area contributed by atoms with E-state index >= 15 is 0 Å². The third kappa shape index (κ3) is 5.02. The van der Waals surface area contributed by atoms with E-state index < -0.39 is 15.7 Å². The van der Waals surface area contributed by atoms with Gasteiger partial charge in [0.15, 0.2) is 15.6 Å². The maximum absolute atomic E-state index is 12.3. The second kappa shape index (κ2) is 8.62. The molecule has 0 atom stereocenters. The van der Waals surface area contributed by atoms with Crippen molar-refractivity contribution in [3.8, 4) is 5.75 Å². The summed E-state index contributed by atoms with van der Waals surface area (Å²) in [6.45, 7) is 1.78. The van der Waals surface area contributed by atoms with Gasteiger partial charge in [-0.2, -0.15) is 0 Å². The lowest BCUT2D eigenvalue weighted by Gasteiger charge is -2.06. The van der Waals surface area contributed by atoms with Gasteiger partial charge >= 0.3 is 0 Å². The monoisotopic (exact) mass is 463 g/mol. The number of benzene rings is 2. The smallest absolute Gasteiger partial charge is 0.291 e. The molecule has 3 rings (SSSR count). The predicted molar refractivity (Wildman–Crippen MR) is 109 cm³/mol. The minimum atomic E-state index is -3.27. The summed E-state index contributed by atoms with van der Waals surface area (Å²) < 4.78 is 35.7. The first-order chi connectivity index (χ1) is 13.4. The molecule has 8 heteroatoms. The summed E-state index contributed by atoms with van der Waals surface area (Å²) in [4.78, 5) is 12.5. The highest BCUT2D eigenvalue weighted by molar-refractivity contribution is 9.10. The minimum Gasteiger partial charge on any atom is -0.486 e. The fraction of sp³-hybridized carbons (Fsp3) is 0.150. The van der Waals surface area contributed by atoms with Crippen molar-refractivity contribution in [3.63, 3.8) is 0 Å². The number of sulfone groups is 1. The number of nitrogens with one attached hydrogen (secondary N) is 1. The average molecular weight is 464 g/mol. The Kier molecular flexibility index (Phi) is 6.21. The van der Waals surface area contributed by atoms with Crippen molar-refractivity contribution in [1.29, 1.82) is 0 Å². The van der Waals surface area contributed by atoms with Crippen LogP contribution in [0.1, 0.15) is 23.2 Å². The van der Waals surface area contributed by atoms with E-state index in [2.05, 4.69) is 21.2 Å². The number of rotatable bonds is 7. The van der Waals surface area contributed by atoms with Crippen LogP contribution in [0.3, 0.4) is 0 Å². The molecule has 0 aliphatic carbocycles. The van der Waals surface area contributed by atoms with Crippen LogP contribution in [-0.4, -0.2) is 20.1 Å². The van der Waals surface area contributed by atoms with E-state index in [1.807, 2.05) is 24.3 Å². The van der Waals surface area contributed by atoms with Gasteiger partial charge in [-0.1, -0.05) is 22.9 Å². The lowest BCUT2D eigenvalue weighted by molar-refractivity contribution is 0.0992. The van der Waals surface area contributed by atoms with Crippen LogP contribution in [0.2, 0.25) is 0 Å². The molecule has 146 valence electrons. The molecule has 1 amide bonds. The van der Waals surface area contributed by atoms with E-state index in [0.29, 0.717) is 17.2 Å². The Hall–Kier alpha value is -2.58. The van der Waals surface area contributed by atoms with Crippen LogP contribution in [0.15, 0.2) is 74.4 Å². The van der Waals surface area contributed by atoms with Gasteiger partial charge in [0, 0.05) is 10.2 Å². The molecule has 0 aliphatic rings. The van der Waals surface area contributed by atoms with Crippen LogP contribution in [0.25, 0.3) is 0 Å². The first-order valence-electron chi connectivity index (χ1n) is 8.48. The quantitative estimate of drug-likeness (QED) is 0.550. The standard InChI is InChI=1S/C20H18BrNO5S/c1-2-28(24,25)18-10-5-15(6-11-18)22-20(23)19-12-9-17(27-19)13-26-16-7-3-14(21)4-8-16/h3-12H,2,13H2,1H3,(H,22,23). The summed E-state index contributed by atoms with van der Waals surface area (Å²) in [6.07, 6.45) is 0. The summed E-state index contributed by atoms with van der Waals surface area (Å²) in [5.41, 5.74) is 0.476. The van der Waals surface area contributed by atoms with Gasteiger partial charge in [-0.3, -0.25) is 4.79 Å². The molecule has 1 heterocycles. The van der Waals surface area contributed by atoms with Crippen LogP contribution in [0.5, 0.6) is 5.75 Å². The molecular weight excluding hydrogens is 446 g/mol. The lowest BCUT2D eigenvalue weighted by Crippen LogP contribution is -2.11. The Bertz CT molecular complexity index is 1060. The van der Waals surface area contributed by atoms with Gasteiger partial charge in [0.25, 0.3) is 5.91 Å². The SMILES string of the molecule is CCS(=O)(=O)c1ccc(NC(=O)c2ccc(COc3ccc(Br)cc3)o2)cc1. The van der Waals surface area contributed by atoms with E-state index in [9.17, 15) is 13.2 Å². The Morgan fingerprint density at radius 3 is 2.36 bits per heavy atom. The van der Waals surface area contributed by atoms with Crippen molar-refractivity contribution < 1.29 is 22.4 Å². The predicted octanol–water partition coefficient (Wildman–Crippen LogP) is 4.67. The molecule has 0 fully saturated rings. The number of carbonyl (C=O) groups excluding carboxylic acids is 1. The number of hydrogen-bond acceptors (Lipinski definition) is 5. The fourth-order valence-corrected chi connectivity index (χ4v) is 3.52. The Morgan fingerprint density at radius 2 is 1.71 bits per heavy atom. The number of anilines is 1. The normalized spacial score (nSPS) is 11.2. The van der Waals surface area contributed by atoms with Crippen LogP contribution >= 0.6 is 15.9 Å². The number of amides is 1. The summed E-state index contributed by atoms with van der Waals surface area (Å²) in [5.74, 6) is 0.932. The van der Waals surface area contributed by atoms with Crippen molar-refractivity contribution in [3.05, 3.63) is 76.7 Å². The van der Waals surface area contributed by atoms with Gasteiger partial charge in [0.1, 0.15) is 18.1 Å². The molecule has 0 aliphatic heterocycles. The van der Waals surface area contributed by atoms with E-state index in [1.165, 1.54) is 12.1 Å². The summed E-state index contributed by atoms with van der Waals surface area (Å²) in [5, 5.41) is 2.67. The molecule has 6 nitrogen and oxygen atoms in total. The topological polar surface area (TPSA) is 85.6 Å². The van der Waals surface area contributed by atoms with Gasteiger partial charge in [-0.15, -0.1) is 0 Å². The number of carbonyl (C=O) groups is 1. The first-order valence-corrected chi connectivity index (χ1v) is 10.9. The molecule has 0 bridgehead atoms. The maximum Gasteiger partial charge on any atom is 0.291 e. The van der Waals surface area contributed by atoms with Gasteiger partial charge in [-0.25, -0.2) is 8.42 Å². The number of halogens is 1. The Labute approximate surface area is 171 Å². The summed E-state index contributed by atoms with van der Waals surface area (Å²) in [6, 6.07) is 16.6. The molecular formula is C20H18BrNO5S. The second-order valence-corrected chi connectivity index (χ2v) is 9.08. The molecule has 0 radical (unpaired) electrons. The van der Waals surface area contributed by atoms with E-state index in [4.69, 9.17) is 9.15 Å². The largest absolute Gasteiger partial charge is 0.486 e. The van der Waals surface area contributed by atoms with Crippen molar-refractivity contribution in [2.45, 2.75) is 18.4 Å². The van der Waals surface area contributed by atoms with Crippen LogP contribution in [-0.2, 0) is 16.4 Å². The summed E-state index contributed by atoms with van der Waals surface area (Å²) in [7, 11) is -3.27. The van der Waals surface area contributed by atoms with E-state index in [0.717, 1.165) is 4.47 Å². The van der Waals surface area contributed by atoms with Crippen LogP contribution < -0.4 is 10.1 Å². The van der Waals surface area contributed by atoms with Crippen LogP contribution in [0, 0.1) is 0 Å². The first kappa shape index (κ1) is 20.2. The van der Waals surface area contributed by atoms with Crippen LogP contribution in [0.4, 0.5) is 5.69 Å². The number of ether oxygens (including phenoxy) is 1. The third-order valence-electron chi connectivity index (χ3n) is 3.93. The van der Waals surface area contributed by atoms with Gasteiger partial charge in [0.05, 0.1) is 10.6 Å². The fourth-order valence-electron chi connectivity index (χ4n) is 2.37. The molecule has 1 N–H and O–H groups in total. The molecule has 0 saturated carbocycles. The Morgan fingerprint density at radius 1 is 1.04 bits per heavy atom. The third-order valence-corrected chi connectivity index (χ3v) is 6.21. The molecule has 3 aromatic rings. The van der Waals surface area contributed by atoms with E-state index in [-0.39, 0.29) is 23.0 Å². The second-order valence-electron chi connectivity index (χ2n) is 5.89. The molecule has 0 spiro atoms. The minimum absolute atomic E-state index is 0.0240. The Balaban J connectivity index is 1.60. The van der Waals surface area contributed by atoms with E-state index in [1.54, 1.807) is 31.2 Å². The average Bonchev–Trinajstić information content (AvgIpc) is 3.17. The summed E-state index contributed by atoms with van der Waals surface area (Å²) >= 11 is 3.36. The molecule has 1 aromatic heterocycles. The zero-order valence-corrected chi connectivity index (χ0v) is 17.4. The zero-order chi connectivity index (χ0) is 20.1. The van der Waals surface area contributed by atoms with Crippen molar-refractivity contribution in [1.82, 2.24) is 0 Å². The van der Waals surface area contributed by atoms with Gasteiger partial charge in [0.2, 0.25) is 0 Å². The van der Waals surface area contributed by atoms with Gasteiger partial charge < -0.3 is 14.5 Å². The van der Waals surface area contributed by atoms with Crippen molar-refractivity contribution >= 4 is 37.4 Å². The highest BCUT2D eigenvalue weighted by Gasteiger charge is 2.14. The molecule has 2 aromatic carbocycles. The molecule has 28 heavy (non-hydrogen) atoms. The van der Waals surface area contributed by atoms with Gasteiger partial charge in [-0.05, 0) is 60.7 Å². The highest BCUT2D eigenvalue weighted by atomic mass is 79.9. The molecule has 0 unspecified atom stereocenters. The number of hydrogen-bond donors (Lipinski definition) is 1. The lowest BCUT2D eigenvalue weighted by atomic mass is 10.3. The molecule has 0 saturated heterocycles. The zero-order valence-electron chi connectivity index (χ0n) is 15.0. The number of furan rings is 1. The maximum atomic E-state index is 12.3. The highest BCUT2D eigenvalue weighted by Crippen LogP contribution is 2.19. The van der Waals surface area contributed by atoms with Crippen molar-refractivity contribution in [2.75, 3.05) is 11.1 Å².